The first-order chi connectivity index (χ1) is 21.7. The second-order valence-electron chi connectivity index (χ2n) is 10.9. The van der Waals surface area contributed by atoms with E-state index in [9.17, 15) is 18.0 Å². The summed E-state index contributed by atoms with van der Waals surface area (Å²) in [5.41, 5.74) is 5.83. The molecule has 8 nitrogen and oxygen atoms in total. The third-order valence-corrected chi connectivity index (χ3v) is 8.86. The van der Waals surface area contributed by atoms with Gasteiger partial charge in [0.15, 0.2) is 10.6 Å². The van der Waals surface area contributed by atoms with Gasteiger partial charge in [-0.05, 0) is 80.0 Å². The van der Waals surface area contributed by atoms with Crippen molar-refractivity contribution in [3.63, 3.8) is 0 Å². The highest BCUT2D eigenvalue weighted by molar-refractivity contribution is 7.07. The number of ether oxygens (including phenoxy) is 1. The molecule has 232 valence electrons. The lowest BCUT2D eigenvalue weighted by Gasteiger charge is -2.13. The van der Waals surface area contributed by atoms with Crippen molar-refractivity contribution in [2.24, 2.45) is 4.99 Å². The highest BCUT2D eigenvalue weighted by Gasteiger charge is 2.31. The molecule has 12 heteroatoms. The van der Waals surface area contributed by atoms with Gasteiger partial charge in [0.05, 0.1) is 11.4 Å². The maximum atomic E-state index is 13.0. The molecule has 2 heterocycles. The zero-order valence-corrected chi connectivity index (χ0v) is 25.5. The summed E-state index contributed by atoms with van der Waals surface area (Å²) >= 11 is 1.46. The fourth-order valence-corrected chi connectivity index (χ4v) is 6.59. The van der Waals surface area contributed by atoms with Gasteiger partial charge in [0.1, 0.15) is 12.1 Å². The number of carbonyl (C=O) groups is 1. The first-order valence-corrected chi connectivity index (χ1v) is 15.5. The summed E-state index contributed by atoms with van der Waals surface area (Å²) in [5, 5.41) is 9.61. The van der Waals surface area contributed by atoms with E-state index >= 15 is 0 Å². The molecule has 0 bridgehead atoms. The smallest absolute Gasteiger partial charge is 0.406 e. The average Bonchev–Trinajstić information content (AvgIpc) is 3.78. The molecular formula is C33H31F3N6O2S. The van der Waals surface area contributed by atoms with E-state index in [4.69, 9.17) is 0 Å². The Kier molecular flexibility index (Phi) is 8.57. The molecule has 45 heavy (non-hydrogen) atoms. The van der Waals surface area contributed by atoms with Crippen molar-refractivity contribution in [3.8, 4) is 28.5 Å². The van der Waals surface area contributed by atoms with Gasteiger partial charge in [0, 0.05) is 22.7 Å². The Balaban J connectivity index is 1.08. The number of benzene rings is 3. The number of thiazole rings is 1. The molecule has 1 aliphatic carbocycles. The Labute approximate surface area is 261 Å². The number of aryl methyl sites for hydroxylation is 2. The lowest BCUT2D eigenvalue weighted by molar-refractivity contribution is -0.274. The Morgan fingerprint density at radius 3 is 2.56 bits per heavy atom. The van der Waals surface area contributed by atoms with Gasteiger partial charge in [-0.3, -0.25) is 4.57 Å². The molecule has 2 atom stereocenters. The molecule has 0 radical (unpaired) electrons. The van der Waals surface area contributed by atoms with Crippen LogP contribution >= 0.6 is 11.3 Å². The minimum Gasteiger partial charge on any atom is -0.406 e. The standard InChI is InChI=1S/C33H31F3N6O2S/c1-3-22-6-4-5-7-29(22)42-21(2)19-45-32(42)39-31(43)38-26-13-12-25(18-26)23-8-10-24(11-9-23)30-37-20-41(40-30)27-14-16-28(17-15-27)44-33(34,35)36/h4-11,14-17,19-20,25-26H,3,12-13,18H2,1-2H3,(H,38,43)/b39-32-. The van der Waals surface area contributed by atoms with E-state index in [1.807, 2.05) is 41.1 Å². The number of para-hydroxylation sites is 1. The second-order valence-corrected chi connectivity index (χ2v) is 11.8. The zero-order valence-electron chi connectivity index (χ0n) is 24.7. The Bertz CT molecular complexity index is 1860. The van der Waals surface area contributed by atoms with Crippen LogP contribution in [0.5, 0.6) is 5.75 Å². The third kappa shape index (κ3) is 7.01. The lowest BCUT2D eigenvalue weighted by atomic mass is 9.96. The van der Waals surface area contributed by atoms with E-state index < -0.39 is 6.36 Å². The fourth-order valence-electron chi connectivity index (χ4n) is 5.73. The van der Waals surface area contributed by atoms with E-state index in [1.165, 1.54) is 57.7 Å². The van der Waals surface area contributed by atoms with Crippen LogP contribution in [0.15, 0.2) is 89.5 Å². The molecule has 3 aromatic carbocycles. The van der Waals surface area contributed by atoms with Gasteiger partial charge in [-0.1, -0.05) is 49.4 Å². The molecule has 5 aromatic rings. The molecule has 1 aliphatic rings. The van der Waals surface area contributed by atoms with Gasteiger partial charge in [-0.25, -0.2) is 14.5 Å². The van der Waals surface area contributed by atoms with Crippen molar-refractivity contribution >= 4 is 17.4 Å². The summed E-state index contributed by atoms with van der Waals surface area (Å²) in [5.74, 6) is 0.500. The van der Waals surface area contributed by atoms with Crippen LogP contribution in [0.2, 0.25) is 0 Å². The Hall–Kier alpha value is -4.71. The number of alkyl halides is 3. The average molecular weight is 633 g/mol. The summed E-state index contributed by atoms with van der Waals surface area (Å²) in [7, 11) is 0. The number of hydrogen-bond donors (Lipinski definition) is 1. The third-order valence-electron chi connectivity index (χ3n) is 7.92. The van der Waals surface area contributed by atoms with Crippen molar-refractivity contribution in [2.75, 3.05) is 0 Å². The monoisotopic (exact) mass is 632 g/mol. The van der Waals surface area contributed by atoms with Gasteiger partial charge in [-0.15, -0.1) is 29.6 Å². The number of amides is 2. The number of halogens is 3. The van der Waals surface area contributed by atoms with Crippen LogP contribution in [0.4, 0.5) is 18.0 Å². The van der Waals surface area contributed by atoms with Crippen LogP contribution in [0.3, 0.4) is 0 Å². The molecule has 0 spiro atoms. The quantitative estimate of drug-likeness (QED) is 0.201. The highest BCUT2D eigenvalue weighted by Crippen LogP contribution is 2.35. The Morgan fingerprint density at radius 1 is 1.07 bits per heavy atom. The normalized spacial score (nSPS) is 17.0. The fraction of sp³-hybridized carbons (Fsp3) is 0.273. The number of nitrogens with one attached hydrogen (secondary N) is 1. The van der Waals surface area contributed by atoms with E-state index in [1.54, 1.807) is 0 Å². The van der Waals surface area contributed by atoms with Crippen LogP contribution in [0.1, 0.15) is 48.9 Å². The summed E-state index contributed by atoms with van der Waals surface area (Å²) in [6, 6.07) is 21.3. The number of rotatable bonds is 7. The van der Waals surface area contributed by atoms with Gasteiger partial charge >= 0.3 is 12.4 Å². The molecule has 0 saturated heterocycles. The number of hydrogen-bond acceptors (Lipinski definition) is 5. The molecule has 6 rings (SSSR count). The minimum absolute atomic E-state index is 0.0358. The largest absolute Gasteiger partial charge is 0.573 e. The molecule has 1 N–H and O–H groups in total. The maximum Gasteiger partial charge on any atom is 0.573 e. The van der Waals surface area contributed by atoms with Crippen LogP contribution in [-0.4, -0.2) is 37.8 Å². The predicted octanol–water partition coefficient (Wildman–Crippen LogP) is 7.50. The Morgan fingerprint density at radius 2 is 1.82 bits per heavy atom. The van der Waals surface area contributed by atoms with E-state index in [-0.39, 0.29) is 17.8 Å². The predicted molar refractivity (Wildman–Crippen MR) is 166 cm³/mol. The number of nitrogens with zero attached hydrogens (tertiary/aromatic N) is 5. The molecule has 2 aromatic heterocycles. The van der Waals surface area contributed by atoms with Gasteiger partial charge in [0.25, 0.3) is 0 Å². The number of aromatic nitrogens is 4. The van der Waals surface area contributed by atoms with Gasteiger partial charge in [-0.2, -0.15) is 4.99 Å². The SMILES string of the molecule is CCc1ccccc1-n1c(C)cs/c1=N\C(=O)NC1CCC(c2ccc(-c3ncn(-c4ccc(OC(F)(F)F)cc4)n3)cc2)C1. The van der Waals surface area contributed by atoms with Gasteiger partial charge < -0.3 is 10.1 Å². The molecule has 1 saturated carbocycles. The summed E-state index contributed by atoms with van der Waals surface area (Å²) in [6.07, 6.45) is 0.299. The van der Waals surface area contributed by atoms with Crippen LogP contribution in [0.25, 0.3) is 22.8 Å². The summed E-state index contributed by atoms with van der Waals surface area (Å²) in [4.78, 5) is 22.5. The van der Waals surface area contributed by atoms with Crippen molar-refractivity contribution in [3.05, 3.63) is 106 Å². The van der Waals surface area contributed by atoms with Crippen LogP contribution in [0, 0.1) is 6.92 Å². The lowest BCUT2D eigenvalue weighted by Crippen LogP contribution is -2.32. The maximum absolute atomic E-state index is 13.0. The summed E-state index contributed by atoms with van der Waals surface area (Å²) < 4.78 is 44.8. The van der Waals surface area contributed by atoms with E-state index in [0.29, 0.717) is 22.2 Å². The van der Waals surface area contributed by atoms with E-state index in [2.05, 4.69) is 56.3 Å². The summed E-state index contributed by atoms with van der Waals surface area (Å²) in [6.45, 7) is 4.14. The van der Waals surface area contributed by atoms with Crippen molar-refractivity contribution in [2.45, 2.75) is 57.9 Å². The van der Waals surface area contributed by atoms with Crippen molar-refractivity contribution < 1.29 is 22.7 Å². The minimum atomic E-state index is -4.74. The second kappa shape index (κ2) is 12.7. The van der Waals surface area contributed by atoms with Crippen molar-refractivity contribution in [1.82, 2.24) is 24.6 Å². The van der Waals surface area contributed by atoms with Crippen LogP contribution in [-0.2, 0) is 6.42 Å². The number of urea groups is 1. The highest BCUT2D eigenvalue weighted by atomic mass is 32.1. The topological polar surface area (TPSA) is 86.3 Å². The zero-order chi connectivity index (χ0) is 31.6. The van der Waals surface area contributed by atoms with Gasteiger partial charge in [0.2, 0.25) is 0 Å². The first kappa shape index (κ1) is 30.3. The molecular weight excluding hydrogens is 601 g/mol. The van der Waals surface area contributed by atoms with E-state index in [0.717, 1.165) is 42.6 Å². The van der Waals surface area contributed by atoms with Crippen molar-refractivity contribution in [1.29, 1.82) is 0 Å². The van der Waals surface area contributed by atoms with Crippen LogP contribution < -0.4 is 14.9 Å². The molecule has 0 aliphatic heterocycles. The molecule has 2 amide bonds. The number of carbonyl (C=O) groups excluding carboxylic acids is 1. The molecule has 2 unspecified atom stereocenters. The first-order valence-electron chi connectivity index (χ1n) is 14.7. The molecule has 1 fully saturated rings.